The molecule has 1 fully saturated rings. The summed E-state index contributed by atoms with van der Waals surface area (Å²) in [7, 11) is 0. The molecule has 1 N–H and O–H groups in total. The highest BCUT2D eigenvalue weighted by molar-refractivity contribution is 5.40. The van der Waals surface area contributed by atoms with Crippen LogP contribution in [0.4, 0.5) is 0 Å². The first-order valence-electron chi connectivity index (χ1n) is 10.5. The van der Waals surface area contributed by atoms with Crippen molar-refractivity contribution in [2.75, 3.05) is 19.6 Å². The van der Waals surface area contributed by atoms with Crippen LogP contribution in [0.15, 0.2) is 53.5 Å². The highest BCUT2D eigenvalue weighted by atomic mass is 16.3. The zero-order valence-corrected chi connectivity index (χ0v) is 17.2. The number of hydrogen-bond donors (Lipinski definition) is 1. The third-order valence-electron chi connectivity index (χ3n) is 6.21. The minimum Gasteiger partial charge on any atom is -0.388 e. The van der Waals surface area contributed by atoms with Gasteiger partial charge in [0.2, 0.25) is 0 Å². The van der Waals surface area contributed by atoms with Gasteiger partial charge in [-0.25, -0.2) is 4.98 Å². The first kappa shape index (κ1) is 19.8. The molecule has 0 unspecified atom stereocenters. The van der Waals surface area contributed by atoms with Gasteiger partial charge in [-0.05, 0) is 69.8 Å². The third kappa shape index (κ3) is 4.26. The van der Waals surface area contributed by atoms with Gasteiger partial charge in [0.05, 0.1) is 6.10 Å². The second-order valence-corrected chi connectivity index (χ2v) is 8.19. The summed E-state index contributed by atoms with van der Waals surface area (Å²) in [5.41, 5.74) is 4.59. The molecule has 1 aliphatic heterocycles. The van der Waals surface area contributed by atoms with E-state index in [1.807, 2.05) is 37.3 Å². The second kappa shape index (κ2) is 8.47. The van der Waals surface area contributed by atoms with Gasteiger partial charge < -0.3 is 10.0 Å². The van der Waals surface area contributed by atoms with Gasteiger partial charge in [-0.1, -0.05) is 35.9 Å². The molecular weight excluding hydrogens is 362 g/mol. The van der Waals surface area contributed by atoms with Crippen LogP contribution < -0.4 is 5.56 Å². The Kier molecular flexibility index (Phi) is 5.79. The van der Waals surface area contributed by atoms with E-state index in [4.69, 9.17) is 0 Å². The van der Waals surface area contributed by atoms with Gasteiger partial charge in [0.1, 0.15) is 5.65 Å². The topological polar surface area (TPSA) is 57.8 Å². The number of rotatable bonds is 5. The van der Waals surface area contributed by atoms with E-state index in [1.54, 1.807) is 10.6 Å². The van der Waals surface area contributed by atoms with E-state index in [0.717, 1.165) is 49.3 Å². The van der Waals surface area contributed by atoms with Gasteiger partial charge in [-0.2, -0.15) is 0 Å². The molecule has 0 bridgehead atoms. The number of hydrogen-bond acceptors (Lipinski definition) is 4. The zero-order chi connectivity index (χ0) is 20.4. The second-order valence-electron chi connectivity index (χ2n) is 8.19. The van der Waals surface area contributed by atoms with E-state index >= 15 is 0 Å². The Bertz CT molecular complexity index is 1030. The van der Waals surface area contributed by atoms with E-state index in [9.17, 15) is 9.90 Å². The molecule has 0 saturated carbocycles. The van der Waals surface area contributed by atoms with Crippen LogP contribution in [-0.2, 0) is 6.42 Å². The number of likely N-dealkylation sites (tertiary alicyclic amines) is 1. The molecule has 5 nitrogen and oxygen atoms in total. The number of aliphatic hydroxyl groups excluding tert-OH is 1. The molecule has 29 heavy (non-hydrogen) atoms. The monoisotopic (exact) mass is 391 g/mol. The van der Waals surface area contributed by atoms with E-state index in [-0.39, 0.29) is 5.56 Å². The van der Waals surface area contributed by atoms with Crippen LogP contribution in [0.3, 0.4) is 0 Å². The Balaban J connectivity index is 1.36. The molecule has 1 aliphatic rings. The molecular formula is C24H29N3O2. The number of benzene rings is 1. The van der Waals surface area contributed by atoms with E-state index in [2.05, 4.69) is 28.9 Å². The molecule has 1 aromatic carbocycles. The van der Waals surface area contributed by atoms with Gasteiger partial charge in [0, 0.05) is 24.0 Å². The quantitative estimate of drug-likeness (QED) is 0.725. The lowest BCUT2D eigenvalue weighted by Crippen LogP contribution is -2.37. The summed E-state index contributed by atoms with van der Waals surface area (Å²) >= 11 is 0. The van der Waals surface area contributed by atoms with Gasteiger partial charge in [0.15, 0.2) is 0 Å². The van der Waals surface area contributed by atoms with Gasteiger partial charge >= 0.3 is 0 Å². The summed E-state index contributed by atoms with van der Waals surface area (Å²) in [6.45, 7) is 6.75. The van der Waals surface area contributed by atoms with Crippen LogP contribution in [0.25, 0.3) is 5.65 Å². The smallest absolute Gasteiger partial charge is 0.261 e. The van der Waals surface area contributed by atoms with Crippen molar-refractivity contribution >= 4 is 5.65 Å². The summed E-state index contributed by atoms with van der Waals surface area (Å²) in [5.74, 6) is 0.295. The van der Waals surface area contributed by atoms with Crippen LogP contribution in [-0.4, -0.2) is 39.0 Å². The summed E-state index contributed by atoms with van der Waals surface area (Å²) in [4.78, 5) is 19.8. The number of aliphatic hydroxyl groups is 1. The number of fused-ring (bicyclic) bond motifs is 1. The van der Waals surface area contributed by atoms with Crippen LogP contribution in [0.1, 0.15) is 41.3 Å². The minimum atomic E-state index is -0.394. The summed E-state index contributed by atoms with van der Waals surface area (Å²) in [5, 5.41) is 10.7. The van der Waals surface area contributed by atoms with Gasteiger partial charge in [0.25, 0.3) is 5.56 Å². The molecule has 5 heteroatoms. The number of aromatic nitrogens is 2. The maximum absolute atomic E-state index is 12.8. The SMILES string of the molecule is Cc1ccc([C@H](O)C2CCN(CCc3c(C)nc4ccccn4c3=O)CC2)cc1. The first-order chi connectivity index (χ1) is 14.0. The molecule has 0 aliphatic carbocycles. The molecule has 2 aromatic heterocycles. The van der Waals surface area contributed by atoms with Crippen molar-refractivity contribution in [3.8, 4) is 0 Å². The molecule has 4 rings (SSSR count). The highest BCUT2D eigenvalue weighted by Gasteiger charge is 2.26. The number of nitrogens with zero attached hydrogens (tertiary/aromatic N) is 3. The predicted molar refractivity (Wildman–Crippen MR) is 115 cm³/mol. The van der Waals surface area contributed by atoms with E-state index in [1.165, 1.54) is 5.56 Å². The Morgan fingerprint density at radius 2 is 1.83 bits per heavy atom. The third-order valence-corrected chi connectivity index (χ3v) is 6.21. The van der Waals surface area contributed by atoms with Crippen LogP contribution in [0, 0.1) is 19.8 Å². The fraction of sp³-hybridized carbons (Fsp3) is 0.417. The van der Waals surface area contributed by atoms with Crippen molar-refractivity contribution in [2.45, 2.75) is 39.2 Å². The van der Waals surface area contributed by atoms with Crippen LogP contribution in [0.2, 0.25) is 0 Å². The highest BCUT2D eigenvalue weighted by Crippen LogP contribution is 2.30. The molecule has 0 spiro atoms. The largest absolute Gasteiger partial charge is 0.388 e. The molecule has 0 amide bonds. The Hall–Kier alpha value is -2.50. The molecule has 3 heterocycles. The lowest BCUT2D eigenvalue weighted by atomic mass is 9.87. The summed E-state index contributed by atoms with van der Waals surface area (Å²) < 4.78 is 1.63. The predicted octanol–water partition coefficient (Wildman–Crippen LogP) is 3.30. The first-order valence-corrected chi connectivity index (χ1v) is 10.5. The zero-order valence-electron chi connectivity index (χ0n) is 17.2. The average Bonchev–Trinajstić information content (AvgIpc) is 2.74. The number of aryl methyl sites for hydroxylation is 2. The van der Waals surface area contributed by atoms with E-state index in [0.29, 0.717) is 18.0 Å². The van der Waals surface area contributed by atoms with Crippen molar-refractivity contribution in [2.24, 2.45) is 5.92 Å². The number of piperidine rings is 1. The molecule has 3 aromatic rings. The van der Waals surface area contributed by atoms with Crippen molar-refractivity contribution in [1.29, 1.82) is 0 Å². The number of pyridine rings is 1. The Labute approximate surface area is 171 Å². The molecule has 1 saturated heterocycles. The average molecular weight is 392 g/mol. The molecule has 152 valence electrons. The lowest BCUT2D eigenvalue weighted by molar-refractivity contribution is 0.0592. The van der Waals surface area contributed by atoms with Crippen LogP contribution in [0.5, 0.6) is 0 Å². The summed E-state index contributed by atoms with van der Waals surface area (Å²) in [6, 6.07) is 13.8. The Morgan fingerprint density at radius 3 is 2.55 bits per heavy atom. The van der Waals surface area contributed by atoms with E-state index < -0.39 is 6.10 Å². The maximum atomic E-state index is 12.8. The van der Waals surface area contributed by atoms with Crippen molar-refractivity contribution in [3.63, 3.8) is 0 Å². The van der Waals surface area contributed by atoms with Crippen molar-refractivity contribution < 1.29 is 5.11 Å². The van der Waals surface area contributed by atoms with Crippen LogP contribution >= 0.6 is 0 Å². The standard InChI is InChI=1S/C24H29N3O2/c1-17-6-8-19(9-7-17)23(28)20-10-14-26(15-11-20)16-12-21-18(2)25-22-5-3-4-13-27(22)24(21)29/h3-9,13,20,23,28H,10-12,14-16H2,1-2H3/t23-/m0/s1. The maximum Gasteiger partial charge on any atom is 0.261 e. The lowest BCUT2D eigenvalue weighted by Gasteiger charge is -2.34. The van der Waals surface area contributed by atoms with Crippen molar-refractivity contribution in [1.82, 2.24) is 14.3 Å². The fourth-order valence-corrected chi connectivity index (χ4v) is 4.32. The summed E-state index contributed by atoms with van der Waals surface area (Å²) in [6.07, 6.45) is 4.05. The fourth-order valence-electron chi connectivity index (χ4n) is 4.32. The Morgan fingerprint density at radius 1 is 1.10 bits per heavy atom. The normalized spacial score (nSPS) is 16.9. The van der Waals surface area contributed by atoms with Crippen molar-refractivity contribution in [3.05, 3.63) is 81.4 Å². The molecule has 1 atom stereocenters. The minimum absolute atomic E-state index is 0.0396. The molecule has 0 radical (unpaired) electrons. The van der Waals surface area contributed by atoms with Gasteiger partial charge in [-0.3, -0.25) is 9.20 Å². The van der Waals surface area contributed by atoms with Gasteiger partial charge in [-0.15, -0.1) is 0 Å².